The van der Waals surface area contributed by atoms with Crippen LogP contribution in [0.3, 0.4) is 0 Å². The van der Waals surface area contributed by atoms with E-state index < -0.39 is 11.9 Å². The Hall–Kier alpha value is -2.04. The zero-order chi connectivity index (χ0) is 17.1. The third-order valence-electron chi connectivity index (χ3n) is 3.24. The Morgan fingerprint density at radius 1 is 0.913 bits per heavy atom. The summed E-state index contributed by atoms with van der Waals surface area (Å²) < 4.78 is 15.7. The summed E-state index contributed by atoms with van der Waals surface area (Å²) in [7, 11) is 0. The molecule has 0 atom stereocenters. The SMILES string of the molecule is CCCCCCOc1cc(C(=O)OCC)ccc1C(=O)OCC. The molecule has 23 heavy (non-hydrogen) atoms. The van der Waals surface area contributed by atoms with Crippen molar-refractivity contribution >= 4 is 11.9 Å². The van der Waals surface area contributed by atoms with Crippen molar-refractivity contribution in [1.82, 2.24) is 0 Å². The maximum Gasteiger partial charge on any atom is 0.341 e. The predicted molar refractivity (Wildman–Crippen MR) is 88.0 cm³/mol. The van der Waals surface area contributed by atoms with Crippen LogP contribution in [0.5, 0.6) is 5.75 Å². The summed E-state index contributed by atoms with van der Waals surface area (Å²) in [6.45, 7) is 6.72. The molecule has 5 nitrogen and oxygen atoms in total. The van der Waals surface area contributed by atoms with Crippen molar-refractivity contribution in [2.45, 2.75) is 46.5 Å². The Balaban J connectivity index is 2.87. The van der Waals surface area contributed by atoms with Crippen LogP contribution in [0.15, 0.2) is 18.2 Å². The fraction of sp³-hybridized carbons (Fsp3) is 0.556. The van der Waals surface area contributed by atoms with Gasteiger partial charge in [0.1, 0.15) is 11.3 Å². The van der Waals surface area contributed by atoms with Crippen molar-refractivity contribution < 1.29 is 23.8 Å². The largest absolute Gasteiger partial charge is 0.493 e. The smallest absolute Gasteiger partial charge is 0.341 e. The molecule has 0 bridgehead atoms. The zero-order valence-corrected chi connectivity index (χ0v) is 14.2. The maximum absolute atomic E-state index is 12.0. The molecule has 0 aliphatic heterocycles. The second kappa shape index (κ2) is 10.6. The van der Waals surface area contributed by atoms with Gasteiger partial charge in [0.25, 0.3) is 0 Å². The third kappa shape index (κ3) is 6.30. The van der Waals surface area contributed by atoms with E-state index in [0.29, 0.717) is 30.1 Å². The molecule has 5 heteroatoms. The molecule has 0 heterocycles. The van der Waals surface area contributed by atoms with Crippen molar-refractivity contribution in [1.29, 1.82) is 0 Å². The summed E-state index contributed by atoms with van der Waals surface area (Å²) >= 11 is 0. The monoisotopic (exact) mass is 322 g/mol. The van der Waals surface area contributed by atoms with Gasteiger partial charge in [0.2, 0.25) is 0 Å². The molecular weight excluding hydrogens is 296 g/mol. The van der Waals surface area contributed by atoms with Crippen LogP contribution in [-0.4, -0.2) is 31.8 Å². The first-order valence-corrected chi connectivity index (χ1v) is 8.25. The normalized spacial score (nSPS) is 10.2. The highest BCUT2D eigenvalue weighted by Crippen LogP contribution is 2.23. The van der Waals surface area contributed by atoms with E-state index in [2.05, 4.69) is 6.92 Å². The average molecular weight is 322 g/mol. The van der Waals surface area contributed by atoms with E-state index in [1.54, 1.807) is 32.0 Å². The van der Waals surface area contributed by atoms with Crippen LogP contribution in [-0.2, 0) is 9.47 Å². The van der Waals surface area contributed by atoms with Gasteiger partial charge < -0.3 is 14.2 Å². The fourth-order valence-electron chi connectivity index (χ4n) is 2.07. The Kier molecular flexibility index (Phi) is 8.80. The lowest BCUT2D eigenvalue weighted by Gasteiger charge is -2.12. The molecule has 1 aromatic carbocycles. The molecule has 1 rings (SSSR count). The number of unbranched alkanes of at least 4 members (excludes halogenated alkanes) is 3. The molecule has 0 spiro atoms. The number of hydrogen-bond acceptors (Lipinski definition) is 5. The number of ether oxygens (including phenoxy) is 3. The molecule has 0 amide bonds. The fourth-order valence-corrected chi connectivity index (χ4v) is 2.07. The molecule has 0 fully saturated rings. The third-order valence-corrected chi connectivity index (χ3v) is 3.24. The standard InChI is InChI=1S/C18H26O5/c1-4-7-8-9-12-23-16-13-14(17(19)21-5-2)10-11-15(16)18(20)22-6-3/h10-11,13H,4-9,12H2,1-3H3. The van der Waals surface area contributed by atoms with Gasteiger partial charge in [-0.05, 0) is 38.5 Å². The number of benzene rings is 1. The van der Waals surface area contributed by atoms with Crippen molar-refractivity contribution in [2.75, 3.05) is 19.8 Å². The van der Waals surface area contributed by atoms with Crippen LogP contribution < -0.4 is 4.74 Å². The van der Waals surface area contributed by atoms with Crippen molar-refractivity contribution in [3.8, 4) is 5.75 Å². The lowest BCUT2D eigenvalue weighted by Crippen LogP contribution is -2.11. The number of rotatable bonds is 10. The van der Waals surface area contributed by atoms with Gasteiger partial charge in [0, 0.05) is 0 Å². The highest BCUT2D eigenvalue weighted by molar-refractivity contribution is 5.96. The molecule has 0 aliphatic rings. The summed E-state index contributed by atoms with van der Waals surface area (Å²) in [5.41, 5.74) is 0.693. The molecule has 0 saturated heterocycles. The van der Waals surface area contributed by atoms with Crippen LogP contribution in [0.25, 0.3) is 0 Å². The van der Waals surface area contributed by atoms with Crippen LogP contribution in [0.1, 0.15) is 67.2 Å². The van der Waals surface area contributed by atoms with E-state index in [-0.39, 0.29) is 6.61 Å². The minimum Gasteiger partial charge on any atom is -0.493 e. The van der Waals surface area contributed by atoms with Gasteiger partial charge in [-0.2, -0.15) is 0 Å². The van der Waals surface area contributed by atoms with Gasteiger partial charge >= 0.3 is 11.9 Å². The average Bonchev–Trinajstić information content (AvgIpc) is 2.55. The topological polar surface area (TPSA) is 61.8 Å². The first-order valence-electron chi connectivity index (χ1n) is 8.25. The van der Waals surface area contributed by atoms with Crippen LogP contribution in [0.2, 0.25) is 0 Å². The van der Waals surface area contributed by atoms with Crippen molar-refractivity contribution in [2.24, 2.45) is 0 Å². The van der Waals surface area contributed by atoms with Gasteiger partial charge in [0.05, 0.1) is 25.4 Å². The highest BCUT2D eigenvalue weighted by Gasteiger charge is 2.17. The summed E-state index contributed by atoms with van der Waals surface area (Å²) in [6.07, 6.45) is 4.27. The first-order chi connectivity index (χ1) is 11.1. The lowest BCUT2D eigenvalue weighted by molar-refractivity contribution is 0.0507. The Bertz CT molecular complexity index is 510. The van der Waals surface area contributed by atoms with Crippen LogP contribution >= 0.6 is 0 Å². The minimum absolute atomic E-state index is 0.286. The molecule has 128 valence electrons. The second-order valence-electron chi connectivity index (χ2n) is 5.06. The van der Waals surface area contributed by atoms with Gasteiger partial charge in [0.15, 0.2) is 0 Å². The molecule has 0 N–H and O–H groups in total. The minimum atomic E-state index is -0.452. The van der Waals surface area contributed by atoms with Crippen LogP contribution in [0.4, 0.5) is 0 Å². The molecular formula is C18H26O5. The van der Waals surface area contributed by atoms with Gasteiger partial charge in [-0.1, -0.05) is 26.2 Å². The van der Waals surface area contributed by atoms with Crippen molar-refractivity contribution in [3.05, 3.63) is 29.3 Å². The summed E-state index contributed by atoms with van der Waals surface area (Å²) in [5.74, 6) is -0.518. The van der Waals surface area contributed by atoms with E-state index >= 15 is 0 Å². The molecule has 0 radical (unpaired) electrons. The van der Waals surface area contributed by atoms with E-state index in [4.69, 9.17) is 14.2 Å². The number of carbonyl (C=O) groups excluding carboxylic acids is 2. The molecule has 0 saturated carbocycles. The quantitative estimate of drug-likeness (QED) is 0.481. The van der Waals surface area contributed by atoms with Gasteiger partial charge in [-0.15, -0.1) is 0 Å². The Morgan fingerprint density at radius 2 is 1.61 bits per heavy atom. The van der Waals surface area contributed by atoms with E-state index in [9.17, 15) is 9.59 Å². The number of carbonyl (C=O) groups is 2. The molecule has 0 aromatic heterocycles. The van der Waals surface area contributed by atoms with Crippen molar-refractivity contribution in [3.63, 3.8) is 0 Å². The molecule has 0 unspecified atom stereocenters. The lowest BCUT2D eigenvalue weighted by atomic mass is 10.1. The number of hydrogen-bond donors (Lipinski definition) is 0. The zero-order valence-electron chi connectivity index (χ0n) is 14.2. The van der Waals surface area contributed by atoms with Gasteiger partial charge in [-0.3, -0.25) is 0 Å². The number of esters is 2. The van der Waals surface area contributed by atoms with E-state index in [0.717, 1.165) is 25.7 Å². The van der Waals surface area contributed by atoms with Gasteiger partial charge in [-0.25, -0.2) is 9.59 Å². The Morgan fingerprint density at radius 3 is 2.26 bits per heavy atom. The maximum atomic E-state index is 12.0. The predicted octanol–water partition coefficient (Wildman–Crippen LogP) is 4.00. The summed E-state index contributed by atoms with van der Waals surface area (Å²) in [6, 6.07) is 4.64. The Labute approximate surface area is 137 Å². The molecule has 1 aromatic rings. The summed E-state index contributed by atoms with van der Waals surface area (Å²) in [5, 5.41) is 0. The van der Waals surface area contributed by atoms with E-state index in [1.165, 1.54) is 0 Å². The summed E-state index contributed by atoms with van der Waals surface area (Å²) in [4.78, 5) is 23.8. The molecule has 0 aliphatic carbocycles. The second-order valence-corrected chi connectivity index (χ2v) is 5.06. The first kappa shape index (κ1) is 19.0. The highest BCUT2D eigenvalue weighted by atomic mass is 16.5. The van der Waals surface area contributed by atoms with E-state index in [1.807, 2.05) is 0 Å². The van der Waals surface area contributed by atoms with Crippen LogP contribution in [0, 0.1) is 0 Å².